The van der Waals surface area contributed by atoms with E-state index in [2.05, 4.69) is 15.3 Å². The SMILES string of the molecule is COP(CSc1ccc(NC(=O)c2nc(-c3cc(F)ccc3C#N)cnc2N)cc1)OC. The molecule has 0 aliphatic rings. The molecule has 2 aromatic carbocycles. The molecule has 1 amide bonds. The van der Waals surface area contributed by atoms with Crippen molar-refractivity contribution in [1.29, 1.82) is 5.26 Å². The van der Waals surface area contributed by atoms with Gasteiger partial charge in [-0.3, -0.25) is 4.79 Å². The summed E-state index contributed by atoms with van der Waals surface area (Å²) in [6.07, 6.45) is 1.29. The van der Waals surface area contributed by atoms with Crippen LogP contribution in [0.5, 0.6) is 0 Å². The highest BCUT2D eigenvalue weighted by Crippen LogP contribution is 2.42. The molecule has 0 spiro atoms. The van der Waals surface area contributed by atoms with Crippen molar-refractivity contribution in [2.45, 2.75) is 4.90 Å². The number of halogens is 1. The summed E-state index contributed by atoms with van der Waals surface area (Å²) >= 11 is 1.58. The summed E-state index contributed by atoms with van der Waals surface area (Å²) in [5.41, 5.74) is 7.53. The van der Waals surface area contributed by atoms with Crippen molar-refractivity contribution in [2.24, 2.45) is 0 Å². The number of rotatable bonds is 8. The second-order valence-corrected chi connectivity index (χ2v) is 9.43. The Bertz CT molecular complexity index is 1150. The van der Waals surface area contributed by atoms with Gasteiger partial charge in [0.05, 0.1) is 29.0 Å². The molecule has 32 heavy (non-hydrogen) atoms. The number of nitrogens with zero attached hydrogens (tertiary/aromatic N) is 3. The molecule has 0 aliphatic heterocycles. The zero-order chi connectivity index (χ0) is 23.1. The van der Waals surface area contributed by atoms with E-state index >= 15 is 0 Å². The van der Waals surface area contributed by atoms with Gasteiger partial charge in [0, 0.05) is 30.4 Å². The fourth-order valence-electron chi connectivity index (χ4n) is 2.65. The lowest BCUT2D eigenvalue weighted by Crippen LogP contribution is -2.17. The third-order valence-electron chi connectivity index (χ3n) is 4.25. The maximum atomic E-state index is 13.7. The molecule has 164 valence electrons. The van der Waals surface area contributed by atoms with Crippen molar-refractivity contribution in [3.8, 4) is 17.3 Å². The van der Waals surface area contributed by atoms with Crippen LogP contribution in [-0.4, -0.2) is 35.6 Å². The van der Waals surface area contributed by atoms with Gasteiger partial charge in [-0.15, -0.1) is 11.8 Å². The number of nitrogens with one attached hydrogen (secondary N) is 1. The maximum absolute atomic E-state index is 13.7. The first-order chi connectivity index (χ1) is 15.4. The minimum Gasteiger partial charge on any atom is -0.382 e. The van der Waals surface area contributed by atoms with Crippen LogP contribution in [-0.2, 0) is 9.05 Å². The lowest BCUT2D eigenvalue weighted by atomic mass is 10.1. The Morgan fingerprint density at radius 3 is 2.62 bits per heavy atom. The number of hydrogen-bond acceptors (Lipinski definition) is 8. The van der Waals surface area contributed by atoms with Gasteiger partial charge in [-0.05, 0) is 42.5 Å². The van der Waals surface area contributed by atoms with E-state index in [1.54, 1.807) is 38.1 Å². The Morgan fingerprint density at radius 1 is 1.25 bits per heavy atom. The number of nitrogen functional groups attached to an aromatic ring is 1. The number of anilines is 2. The van der Waals surface area contributed by atoms with Gasteiger partial charge < -0.3 is 20.1 Å². The summed E-state index contributed by atoms with van der Waals surface area (Å²) in [7, 11) is 2.27. The quantitative estimate of drug-likeness (QED) is 0.360. The van der Waals surface area contributed by atoms with E-state index < -0.39 is 20.1 Å². The highest BCUT2D eigenvalue weighted by atomic mass is 32.2. The van der Waals surface area contributed by atoms with Gasteiger partial charge in [0.15, 0.2) is 19.9 Å². The van der Waals surface area contributed by atoms with Crippen LogP contribution >= 0.6 is 20.1 Å². The molecule has 3 rings (SSSR count). The Balaban J connectivity index is 1.77. The fraction of sp³-hybridized carbons (Fsp3) is 0.143. The molecule has 8 nitrogen and oxygen atoms in total. The number of carbonyl (C=O) groups excluding carboxylic acids is 1. The number of amides is 1. The van der Waals surface area contributed by atoms with Crippen LogP contribution in [0.2, 0.25) is 0 Å². The minimum atomic E-state index is -0.943. The van der Waals surface area contributed by atoms with Crippen molar-refractivity contribution in [1.82, 2.24) is 9.97 Å². The molecule has 0 saturated carbocycles. The molecule has 1 heterocycles. The lowest BCUT2D eigenvalue weighted by Gasteiger charge is -2.12. The van der Waals surface area contributed by atoms with Crippen LogP contribution in [0.4, 0.5) is 15.9 Å². The van der Waals surface area contributed by atoms with Crippen LogP contribution < -0.4 is 11.1 Å². The maximum Gasteiger partial charge on any atom is 0.278 e. The zero-order valence-electron chi connectivity index (χ0n) is 17.2. The normalized spacial score (nSPS) is 10.7. The standard InChI is InChI=1S/C21H19FN5O3PS/c1-29-31(30-2)12-32-16-7-5-15(6-8-16)26-21(28)19-20(24)25-11-18(27-19)17-9-14(22)4-3-13(17)10-23/h3-9,11H,12H2,1-2H3,(H2,24,25)(H,26,28). The second kappa shape index (κ2) is 11.0. The average Bonchev–Trinajstić information content (AvgIpc) is 2.81. The monoisotopic (exact) mass is 471 g/mol. The second-order valence-electron chi connectivity index (χ2n) is 6.24. The number of hydrogen-bond donors (Lipinski definition) is 2. The Morgan fingerprint density at radius 2 is 1.97 bits per heavy atom. The summed E-state index contributed by atoms with van der Waals surface area (Å²) in [4.78, 5) is 22.0. The lowest BCUT2D eigenvalue weighted by molar-refractivity contribution is 0.102. The molecule has 0 bridgehead atoms. The van der Waals surface area contributed by atoms with Gasteiger partial charge in [0.1, 0.15) is 5.82 Å². The Hall–Kier alpha value is -3.09. The number of benzene rings is 2. The number of nitriles is 1. The van der Waals surface area contributed by atoms with Crippen molar-refractivity contribution < 1.29 is 18.2 Å². The summed E-state index contributed by atoms with van der Waals surface area (Å²) in [5.74, 6) is -1.19. The third-order valence-corrected chi connectivity index (χ3v) is 7.03. The van der Waals surface area contributed by atoms with Crippen LogP contribution in [0.1, 0.15) is 16.1 Å². The first kappa shape index (κ1) is 23.6. The summed E-state index contributed by atoms with van der Waals surface area (Å²) in [6.45, 7) is 0. The van der Waals surface area contributed by atoms with E-state index in [4.69, 9.17) is 14.8 Å². The number of aromatic nitrogens is 2. The van der Waals surface area contributed by atoms with E-state index in [1.807, 2.05) is 18.2 Å². The molecule has 11 heteroatoms. The van der Waals surface area contributed by atoms with E-state index in [0.717, 1.165) is 11.0 Å². The molecular formula is C21H19FN5O3PS. The van der Waals surface area contributed by atoms with Gasteiger partial charge in [-0.2, -0.15) is 5.26 Å². The fourth-order valence-corrected chi connectivity index (χ4v) is 4.99. The van der Waals surface area contributed by atoms with Crippen LogP contribution in [0.3, 0.4) is 0 Å². The number of carbonyl (C=O) groups is 1. The van der Waals surface area contributed by atoms with Gasteiger partial charge in [-0.25, -0.2) is 14.4 Å². The first-order valence-corrected chi connectivity index (χ1v) is 11.5. The summed E-state index contributed by atoms with van der Waals surface area (Å²) in [6, 6.07) is 12.9. The Kier molecular flexibility index (Phi) is 8.09. The third kappa shape index (κ3) is 5.78. The molecule has 0 saturated heterocycles. The minimum absolute atomic E-state index is 0.0826. The van der Waals surface area contributed by atoms with Gasteiger partial charge >= 0.3 is 0 Å². The first-order valence-electron chi connectivity index (χ1n) is 9.17. The molecule has 0 fully saturated rings. The molecule has 1 aromatic heterocycles. The topological polar surface area (TPSA) is 123 Å². The van der Waals surface area contributed by atoms with E-state index in [-0.39, 0.29) is 28.3 Å². The molecule has 3 aromatic rings. The van der Waals surface area contributed by atoms with Crippen molar-refractivity contribution in [3.63, 3.8) is 0 Å². The predicted octanol–water partition coefficient (Wildman–Crippen LogP) is 4.64. The van der Waals surface area contributed by atoms with Gasteiger partial charge in [-0.1, -0.05) is 0 Å². The molecule has 0 radical (unpaired) electrons. The zero-order valence-corrected chi connectivity index (χ0v) is 18.9. The summed E-state index contributed by atoms with van der Waals surface area (Å²) < 4.78 is 24.1. The van der Waals surface area contributed by atoms with Crippen molar-refractivity contribution >= 4 is 37.5 Å². The van der Waals surface area contributed by atoms with Crippen molar-refractivity contribution in [3.05, 3.63) is 65.7 Å². The molecule has 3 N–H and O–H groups in total. The molecular weight excluding hydrogens is 452 g/mol. The van der Waals surface area contributed by atoms with Crippen LogP contribution in [0.15, 0.2) is 53.6 Å². The van der Waals surface area contributed by atoms with Gasteiger partial charge in [0.2, 0.25) is 0 Å². The molecule has 0 atom stereocenters. The number of nitrogens with two attached hydrogens (primary N) is 1. The number of thioether (sulfide) groups is 1. The Labute approximate surface area is 189 Å². The van der Waals surface area contributed by atoms with Crippen molar-refractivity contribution in [2.75, 3.05) is 30.8 Å². The highest BCUT2D eigenvalue weighted by molar-refractivity contribution is 8.04. The van der Waals surface area contributed by atoms with Crippen LogP contribution in [0.25, 0.3) is 11.3 Å². The van der Waals surface area contributed by atoms with E-state index in [0.29, 0.717) is 11.2 Å². The van der Waals surface area contributed by atoms with Gasteiger partial charge in [0.25, 0.3) is 5.91 Å². The van der Waals surface area contributed by atoms with E-state index in [1.165, 1.54) is 18.3 Å². The van der Waals surface area contributed by atoms with E-state index in [9.17, 15) is 14.4 Å². The smallest absolute Gasteiger partial charge is 0.278 e. The highest BCUT2D eigenvalue weighted by Gasteiger charge is 2.17. The molecule has 0 unspecified atom stereocenters. The summed E-state index contributed by atoms with van der Waals surface area (Å²) in [5, 5.41) is 12.0. The van der Waals surface area contributed by atoms with Crippen LogP contribution in [0, 0.1) is 17.1 Å². The largest absolute Gasteiger partial charge is 0.382 e. The molecule has 0 aliphatic carbocycles. The average molecular weight is 471 g/mol. The predicted molar refractivity (Wildman–Crippen MR) is 123 cm³/mol.